The lowest BCUT2D eigenvalue weighted by Gasteiger charge is -2.55. The molecule has 1 N–H and O–H groups in total. The molecule has 3 atom stereocenters. The molecule has 2 aromatic carbocycles. The van der Waals surface area contributed by atoms with Gasteiger partial charge in [0.05, 0.1) is 18.7 Å². The lowest BCUT2D eigenvalue weighted by atomic mass is 9.74. The number of hydrogen-bond acceptors (Lipinski definition) is 3. The maximum absolute atomic E-state index is 13.5. The van der Waals surface area contributed by atoms with Gasteiger partial charge in [0.1, 0.15) is 5.82 Å². The summed E-state index contributed by atoms with van der Waals surface area (Å²) in [6.07, 6.45) is 0.349. The minimum Gasteiger partial charge on any atom is -0.394 e. The van der Waals surface area contributed by atoms with Crippen LogP contribution >= 0.6 is 0 Å². The van der Waals surface area contributed by atoms with Crippen LogP contribution in [0.1, 0.15) is 31.7 Å². The maximum Gasteiger partial charge on any atom is 0.222 e. The molecular formula is C23H27FN2O3. The Balaban J connectivity index is 1.89. The minimum atomic E-state index is -0.312. The van der Waals surface area contributed by atoms with Gasteiger partial charge >= 0.3 is 0 Å². The Morgan fingerprint density at radius 1 is 1.10 bits per heavy atom. The van der Waals surface area contributed by atoms with Crippen molar-refractivity contribution in [1.82, 2.24) is 9.80 Å². The first-order valence-corrected chi connectivity index (χ1v) is 9.87. The van der Waals surface area contributed by atoms with E-state index in [1.165, 1.54) is 19.1 Å². The highest BCUT2D eigenvalue weighted by Crippen LogP contribution is 2.42. The Kier molecular flexibility index (Phi) is 6.33. The van der Waals surface area contributed by atoms with Crippen LogP contribution in [0.5, 0.6) is 0 Å². The molecule has 5 nitrogen and oxygen atoms in total. The van der Waals surface area contributed by atoms with Gasteiger partial charge in [-0.25, -0.2) is 4.39 Å². The fourth-order valence-electron chi connectivity index (χ4n) is 4.12. The molecule has 3 rings (SSSR count). The lowest BCUT2D eigenvalue weighted by molar-refractivity contribution is -0.153. The van der Waals surface area contributed by atoms with Crippen LogP contribution in [0.3, 0.4) is 0 Å². The Morgan fingerprint density at radius 2 is 1.79 bits per heavy atom. The Hall–Kier alpha value is -2.73. The Labute approximate surface area is 170 Å². The molecule has 154 valence electrons. The summed E-state index contributed by atoms with van der Waals surface area (Å²) in [6.45, 7) is 3.57. The molecule has 0 saturated carbocycles. The van der Waals surface area contributed by atoms with Crippen LogP contribution < -0.4 is 0 Å². The van der Waals surface area contributed by atoms with Crippen LogP contribution in [-0.4, -0.2) is 59.0 Å². The summed E-state index contributed by atoms with van der Waals surface area (Å²) < 4.78 is 13.5. The van der Waals surface area contributed by atoms with Crippen LogP contribution in [0.25, 0.3) is 11.1 Å². The van der Waals surface area contributed by atoms with Crippen molar-refractivity contribution in [2.75, 3.05) is 20.2 Å². The normalized spacial score (nSPS) is 20.9. The molecule has 1 fully saturated rings. The third kappa shape index (κ3) is 4.17. The fraction of sp³-hybridized carbons (Fsp3) is 0.391. The molecule has 6 heteroatoms. The number of carbonyl (C=O) groups excluding carboxylic acids is 2. The fourth-order valence-corrected chi connectivity index (χ4v) is 4.12. The van der Waals surface area contributed by atoms with Crippen LogP contribution in [0.4, 0.5) is 4.39 Å². The molecule has 2 aromatic rings. The van der Waals surface area contributed by atoms with E-state index >= 15 is 0 Å². The number of aliphatic hydroxyl groups excluding tert-OH is 1. The van der Waals surface area contributed by atoms with Gasteiger partial charge in [-0.1, -0.05) is 43.3 Å². The number of nitrogens with zero attached hydrogens (tertiary/aromatic N) is 2. The maximum atomic E-state index is 13.5. The van der Waals surface area contributed by atoms with Crippen molar-refractivity contribution in [1.29, 1.82) is 0 Å². The van der Waals surface area contributed by atoms with E-state index in [9.17, 15) is 19.1 Å². The first-order valence-electron chi connectivity index (χ1n) is 9.87. The van der Waals surface area contributed by atoms with E-state index in [2.05, 4.69) is 0 Å². The zero-order valence-corrected chi connectivity index (χ0v) is 17.0. The van der Waals surface area contributed by atoms with E-state index in [0.29, 0.717) is 13.0 Å². The van der Waals surface area contributed by atoms with Crippen molar-refractivity contribution in [2.24, 2.45) is 0 Å². The van der Waals surface area contributed by atoms with Crippen molar-refractivity contribution in [3.63, 3.8) is 0 Å². The lowest BCUT2D eigenvalue weighted by Crippen LogP contribution is -2.68. The summed E-state index contributed by atoms with van der Waals surface area (Å²) in [5.74, 6) is -0.453. The highest BCUT2D eigenvalue weighted by molar-refractivity contribution is 5.79. The van der Waals surface area contributed by atoms with Gasteiger partial charge in [-0.2, -0.15) is 0 Å². The minimum absolute atomic E-state index is 0.0290. The van der Waals surface area contributed by atoms with E-state index in [4.69, 9.17) is 0 Å². The third-order valence-electron chi connectivity index (χ3n) is 5.77. The highest BCUT2D eigenvalue weighted by atomic mass is 19.1. The molecule has 1 heterocycles. The molecule has 1 aliphatic heterocycles. The van der Waals surface area contributed by atoms with Crippen molar-refractivity contribution in [3.8, 4) is 11.1 Å². The van der Waals surface area contributed by atoms with Crippen LogP contribution in [0.2, 0.25) is 0 Å². The summed E-state index contributed by atoms with van der Waals surface area (Å²) >= 11 is 0. The average molecular weight is 398 g/mol. The van der Waals surface area contributed by atoms with E-state index < -0.39 is 0 Å². The van der Waals surface area contributed by atoms with Gasteiger partial charge in [-0.15, -0.1) is 0 Å². The topological polar surface area (TPSA) is 60.9 Å². The van der Waals surface area contributed by atoms with Crippen LogP contribution in [0, 0.1) is 5.82 Å². The zero-order valence-electron chi connectivity index (χ0n) is 17.0. The summed E-state index contributed by atoms with van der Waals surface area (Å²) in [7, 11) is 1.72. The van der Waals surface area contributed by atoms with Crippen LogP contribution in [0.15, 0.2) is 48.5 Å². The van der Waals surface area contributed by atoms with Crippen molar-refractivity contribution in [2.45, 2.75) is 38.3 Å². The summed E-state index contributed by atoms with van der Waals surface area (Å²) in [4.78, 5) is 27.5. The van der Waals surface area contributed by atoms with Gasteiger partial charge in [0, 0.05) is 32.9 Å². The SMILES string of the molecule is CCC(=O)N1[C@H](CN(C)C(C)=O)[C@@H](c2ccc(-c3cccc(F)c3)cc2)[C@@H]1CO. The van der Waals surface area contributed by atoms with Crippen LogP contribution in [-0.2, 0) is 9.59 Å². The van der Waals surface area contributed by atoms with Gasteiger partial charge in [0.15, 0.2) is 0 Å². The van der Waals surface area contributed by atoms with E-state index in [-0.39, 0.29) is 42.2 Å². The van der Waals surface area contributed by atoms with Gasteiger partial charge in [0.2, 0.25) is 11.8 Å². The first-order chi connectivity index (χ1) is 13.9. The second-order valence-electron chi connectivity index (χ2n) is 7.53. The van der Waals surface area contributed by atoms with Crippen molar-refractivity contribution >= 4 is 11.8 Å². The molecule has 0 radical (unpaired) electrons. The standard InChI is InChI=1S/C23H27FN2O3/c1-4-22(29)26-20(13-25(3)15(2)28)23(21(26)14-27)17-10-8-16(9-11-17)18-6-5-7-19(24)12-18/h5-12,20-21,23,27H,4,13-14H2,1-3H3/t20-,21+,23-/m1/s1. The molecule has 0 spiro atoms. The molecule has 0 aliphatic carbocycles. The van der Waals surface area contributed by atoms with Gasteiger partial charge in [-0.05, 0) is 28.8 Å². The first kappa shape index (κ1) is 21.0. The number of amides is 2. The molecule has 1 saturated heterocycles. The number of benzene rings is 2. The van der Waals surface area contributed by atoms with E-state index in [1.54, 1.807) is 29.8 Å². The molecule has 0 bridgehead atoms. The number of aliphatic hydroxyl groups is 1. The molecular weight excluding hydrogens is 371 g/mol. The number of rotatable bonds is 6. The van der Waals surface area contributed by atoms with E-state index in [0.717, 1.165) is 16.7 Å². The number of carbonyl (C=O) groups is 2. The van der Waals surface area contributed by atoms with Gasteiger partial charge in [-0.3, -0.25) is 9.59 Å². The number of hydrogen-bond donors (Lipinski definition) is 1. The summed E-state index contributed by atoms with van der Waals surface area (Å²) in [5.41, 5.74) is 2.68. The molecule has 0 aromatic heterocycles. The molecule has 1 aliphatic rings. The summed E-state index contributed by atoms with van der Waals surface area (Å²) in [6, 6.07) is 13.7. The number of likely N-dealkylation sites (tertiary alicyclic amines) is 1. The monoisotopic (exact) mass is 398 g/mol. The smallest absolute Gasteiger partial charge is 0.222 e. The average Bonchev–Trinajstić information content (AvgIpc) is 2.70. The third-order valence-corrected chi connectivity index (χ3v) is 5.77. The highest BCUT2D eigenvalue weighted by Gasteiger charge is 2.50. The second kappa shape index (κ2) is 8.74. The van der Waals surface area contributed by atoms with Gasteiger partial charge < -0.3 is 14.9 Å². The van der Waals surface area contributed by atoms with Gasteiger partial charge in [0.25, 0.3) is 0 Å². The van der Waals surface area contributed by atoms with Crippen molar-refractivity contribution in [3.05, 3.63) is 59.9 Å². The Morgan fingerprint density at radius 3 is 2.34 bits per heavy atom. The summed E-state index contributed by atoms with van der Waals surface area (Å²) in [5, 5.41) is 9.94. The molecule has 2 amide bonds. The predicted molar refractivity (Wildman–Crippen MR) is 110 cm³/mol. The number of halogens is 1. The zero-order chi connectivity index (χ0) is 21.1. The largest absolute Gasteiger partial charge is 0.394 e. The molecule has 29 heavy (non-hydrogen) atoms. The Bertz CT molecular complexity index is 884. The predicted octanol–water partition coefficient (Wildman–Crippen LogP) is 3.04. The molecule has 0 unspecified atom stereocenters. The number of likely N-dealkylation sites (N-methyl/N-ethyl adjacent to an activating group) is 1. The quantitative estimate of drug-likeness (QED) is 0.814. The second-order valence-corrected chi connectivity index (χ2v) is 7.53. The van der Waals surface area contributed by atoms with E-state index in [1.807, 2.05) is 30.3 Å². The van der Waals surface area contributed by atoms with Crippen molar-refractivity contribution < 1.29 is 19.1 Å².